The Morgan fingerprint density at radius 3 is 2.56 bits per heavy atom. The fourth-order valence-electron chi connectivity index (χ4n) is 1.82. The van der Waals surface area contributed by atoms with E-state index in [9.17, 15) is 0 Å². The second-order valence-electron chi connectivity index (χ2n) is 4.77. The number of nitrogens with zero attached hydrogens (tertiary/aromatic N) is 1. The fraction of sp³-hybridized carbons (Fsp3) is 0.381. The molecule has 1 aromatic heterocycles. The van der Waals surface area contributed by atoms with E-state index in [0.717, 1.165) is 30.1 Å². The van der Waals surface area contributed by atoms with Crippen LogP contribution in [-0.2, 0) is 9.47 Å². The summed E-state index contributed by atoms with van der Waals surface area (Å²) >= 11 is 0. The summed E-state index contributed by atoms with van der Waals surface area (Å²) in [5, 5.41) is 0. The summed E-state index contributed by atoms with van der Waals surface area (Å²) in [5.41, 5.74) is 8.16. The van der Waals surface area contributed by atoms with Gasteiger partial charge in [0.2, 0.25) is 0 Å². The third-order valence-corrected chi connectivity index (χ3v) is 2.96. The minimum atomic E-state index is 0.602. The molecule has 4 nitrogen and oxygen atoms in total. The lowest BCUT2D eigenvalue weighted by Crippen LogP contribution is -2.00. The Morgan fingerprint density at radius 1 is 1.24 bits per heavy atom. The van der Waals surface area contributed by atoms with Crippen molar-refractivity contribution < 1.29 is 9.47 Å². The zero-order valence-corrected chi connectivity index (χ0v) is 16.0. The first-order chi connectivity index (χ1) is 12.2. The lowest BCUT2D eigenvalue weighted by atomic mass is 10.1. The van der Waals surface area contributed by atoms with Crippen molar-refractivity contribution in [2.75, 3.05) is 25.6 Å². The van der Waals surface area contributed by atoms with Crippen LogP contribution >= 0.6 is 0 Å². The maximum atomic E-state index is 5.68. The van der Waals surface area contributed by atoms with Gasteiger partial charge < -0.3 is 15.2 Å². The van der Waals surface area contributed by atoms with Crippen LogP contribution in [0.5, 0.6) is 0 Å². The lowest BCUT2D eigenvalue weighted by Gasteiger charge is -2.07. The van der Waals surface area contributed by atoms with Crippen molar-refractivity contribution in [1.82, 2.24) is 4.98 Å². The maximum absolute atomic E-state index is 5.68. The zero-order valence-electron chi connectivity index (χ0n) is 16.0. The lowest BCUT2D eigenvalue weighted by molar-refractivity contribution is 0.118. The number of ether oxygens (including phenoxy) is 2. The fourth-order valence-corrected chi connectivity index (χ4v) is 1.82. The van der Waals surface area contributed by atoms with Crippen molar-refractivity contribution in [3.05, 3.63) is 66.7 Å². The van der Waals surface area contributed by atoms with E-state index >= 15 is 0 Å². The first-order valence-electron chi connectivity index (χ1n) is 8.80. The predicted octanol–water partition coefficient (Wildman–Crippen LogP) is 5.16. The van der Waals surface area contributed by atoms with Gasteiger partial charge in [-0.25, -0.2) is 0 Å². The summed E-state index contributed by atoms with van der Waals surface area (Å²) in [6.07, 6.45) is 12.0. The van der Waals surface area contributed by atoms with Crippen molar-refractivity contribution >= 4 is 11.3 Å². The Balaban J connectivity index is 0.00000277. The van der Waals surface area contributed by atoms with E-state index < -0.39 is 0 Å². The second-order valence-corrected chi connectivity index (χ2v) is 4.77. The predicted molar refractivity (Wildman–Crippen MR) is 108 cm³/mol. The molecule has 0 radical (unpaired) electrons. The summed E-state index contributed by atoms with van der Waals surface area (Å²) in [4.78, 5) is 4.34. The van der Waals surface area contributed by atoms with E-state index in [2.05, 4.69) is 11.6 Å². The van der Waals surface area contributed by atoms with Gasteiger partial charge in [-0.05, 0) is 49.8 Å². The number of hydrogen-bond donors (Lipinski definition) is 1. The third kappa shape index (κ3) is 10.2. The van der Waals surface area contributed by atoms with Gasteiger partial charge in [0.25, 0.3) is 0 Å². The average Bonchev–Trinajstić information content (AvgIpc) is 2.65. The summed E-state index contributed by atoms with van der Waals surface area (Å²) in [6, 6.07) is 3.73. The van der Waals surface area contributed by atoms with Crippen LogP contribution < -0.4 is 5.73 Å². The Bertz CT molecular complexity index is 558. The molecule has 0 saturated heterocycles. The minimum Gasteiger partial charge on any atom is -0.494 e. The van der Waals surface area contributed by atoms with Gasteiger partial charge in [-0.1, -0.05) is 32.6 Å². The number of aromatic nitrogens is 1. The van der Waals surface area contributed by atoms with Crippen LogP contribution in [0.25, 0.3) is 5.57 Å². The van der Waals surface area contributed by atoms with Gasteiger partial charge in [-0.2, -0.15) is 0 Å². The van der Waals surface area contributed by atoms with Gasteiger partial charge in [-0.15, -0.1) is 0 Å². The Kier molecular flexibility index (Phi) is 13.8. The van der Waals surface area contributed by atoms with Crippen molar-refractivity contribution in [2.45, 2.75) is 34.1 Å². The second kappa shape index (κ2) is 15.2. The first-order valence-corrected chi connectivity index (χ1v) is 8.80. The molecule has 0 fully saturated rings. The van der Waals surface area contributed by atoms with Crippen LogP contribution in [0.1, 0.15) is 39.8 Å². The topological polar surface area (TPSA) is 57.4 Å². The summed E-state index contributed by atoms with van der Waals surface area (Å²) in [7, 11) is 0. The standard InChI is InChI=1S/C19H26N2O2.C2H6/c1-4-8-16(19-12-10-17(20)15-21-19)9-11-18(5-2)23-14-7-13-22-6-3;1-2/h4-5,8-12,15H,2,6-7,13-14,20H2,1,3H3;1-2H3/b8-4-,16-9+,18-11+;. The molecule has 0 aliphatic carbocycles. The summed E-state index contributed by atoms with van der Waals surface area (Å²) in [6.45, 7) is 13.8. The number of hydrogen-bond acceptors (Lipinski definition) is 4. The van der Waals surface area contributed by atoms with Gasteiger partial charge in [-0.3, -0.25) is 4.98 Å². The van der Waals surface area contributed by atoms with Crippen molar-refractivity contribution in [3.8, 4) is 0 Å². The molecule has 0 aliphatic heterocycles. The highest BCUT2D eigenvalue weighted by Crippen LogP contribution is 2.16. The SMILES string of the molecule is C=C\C(=C/C=C(\C=C/C)c1ccc(N)cn1)OCCCOCC.CC. The third-order valence-electron chi connectivity index (χ3n) is 2.96. The van der Waals surface area contributed by atoms with E-state index in [-0.39, 0.29) is 0 Å². The molecule has 1 heterocycles. The normalized spacial score (nSPS) is 11.8. The summed E-state index contributed by atoms with van der Waals surface area (Å²) < 4.78 is 11.0. The van der Waals surface area contributed by atoms with E-state index in [1.165, 1.54) is 0 Å². The molecule has 0 aromatic carbocycles. The Hall–Kier alpha value is -2.33. The molecule has 0 amide bonds. The highest BCUT2D eigenvalue weighted by Gasteiger charge is 1.99. The van der Waals surface area contributed by atoms with Crippen LogP contribution in [-0.4, -0.2) is 24.8 Å². The van der Waals surface area contributed by atoms with Crippen LogP contribution in [0.3, 0.4) is 0 Å². The molecule has 25 heavy (non-hydrogen) atoms. The molecule has 2 N–H and O–H groups in total. The number of nitrogens with two attached hydrogens (primary N) is 1. The molecule has 0 spiro atoms. The number of nitrogen functional groups attached to an aromatic ring is 1. The molecule has 4 heteroatoms. The first kappa shape index (κ1) is 22.7. The molecule has 1 aromatic rings. The molecule has 0 saturated carbocycles. The quantitative estimate of drug-likeness (QED) is 0.362. The summed E-state index contributed by atoms with van der Waals surface area (Å²) in [5.74, 6) is 0.721. The number of pyridine rings is 1. The van der Waals surface area contributed by atoms with Crippen LogP contribution in [0.2, 0.25) is 0 Å². The van der Waals surface area contributed by atoms with Crippen molar-refractivity contribution in [1.29, 1.82) is 0 Å². The van der Waals surface area contributed by atoms with E-state index in [1.807, 2.05) is 64.1 Å². The highest BCUT2D eigenvalue weighted by atomic mass is 16.5. The monoisotopic (exact) mass is 344 g/mol. The number of rotatable bonds is 10. The molecule has 1 rings (SSSR count). The van der Waals surface area contributed by atoms with E-state index in [1.54, 1.807) is 12.3 Å². The molecule has 138 valence electrons. The Morgan fingerprint density at radius 2 is 2.00 bits per heavy atom. The van der Waals surface area contributed by atoms with Crippen LogP contribution in [0.4, 0.5) is 5.69 Å². The maximum Gasteiger partial charge on any atom is 0.118 e. The minimum absolute atomic E-state index is 0.602. The van der Waals surface area contributed by atoms with Crippen molar-refractivity contribution in [3.63, 3.8) is 0 Å². The van der Waals surface area contributed by atoms with Crippen LogP contribution in [0.15, 0.2) is 61.0 Å². The van der Waals surface area contributed by atoms with Gasteiger partial charge in [0.05, 0.1) is 24.2 Å². The van der Waals surface area contributed by atoms with E-state index in [0.29, 0.717) is 18.9 Å². The van der Waals surface area contributed by atoms with Crippen LogP contribution in [0, 0.1) is 0 Å². The van der Waals surface area contributed by atoms with Gasteiger partial charge in [0.15, 0.2) is 0 Å². The largest absolute Gasteiger partial charge is 0.494 e. The smallest absolute Gasteiger partial charge is 0.118 e. The Labute approximate surface area is 152 Å². The van der Waals surface area contributed by atoms with Gasteiger partial charge in [0.1, 0.15) is 5.76 Å². The molecular formula is C21H32N2O2. The molecule has 0 unspecified atom stereocenters. The molecule has 0 atom stereocenters. The average molecular weight is 344 g/mol. The van der Waals surface area contributed by atoms with Gasteiger partial charge in [0, 0.05) is 19.6 Å². The number of anilines is 1. The van der Waals surface area contributed by atoms with Gasteiger partial charge >= 0.3 is 0 Å². The highest BCUT2D eigenvalue weighted by molar-refractivity contribution is 5.73. The van der Waals surface area contributed by atoms with Crippen molar-refractivity contribution in [2.24, 2.45) is 0 Å². The van der Waals surface area contributed by atoms with E-state index in [4.69, 9.17) is 15.2 Å². The molecular weight excluding hydrogens is 312 g/mol. The molecule has 0 bridgehead atoms. The zero-order chi connectivity index (χ0) is 18.9. The molecule has 0 aliphatic rings. The number of allylic oxidation sites excluding steroid dienone is 6.